The number of carbonyl (C=O) groups excluding carboxylic acids is 1. The Morgan fingerprint density at radius 3 is 3.00 bits per heavy atom. The average molecular weight is 474 g/mol. The zero-order valence-electron chi connectivity index (χ0n) is 20.0. The van der Waals surface area contributed by atoms with E-state index in [4.69, 9.17) is 9.47 Å². The fourth-order valence-electron chi connectivity index (χ4n) is 5.95. The van der Waals surface area contributed by atoms with Crippen molar-refractivity contribution in [2.45, 2.75) is 44.5 Å². The summed E-state index contributed by atoms with van der Waals surface area (Å²) in [5, 5.41) is 4.80. The van der Waals surface area contributed by atoms with E-state index in [2.05, 4.69) is 40.4 Å². The standard InChI is InChI=1S/C27H31N5O3/c1-16-12-29-26-20(16)10-19(13-30-26)18-8-17-2-4-31(27(33)32-5-7-35-25-11-24(25)32)14-22(17)21(9-18)23-15-34-6-3-28-23/h8-10,12-13,23-25,28H,2-7,11,14-15H2,1H3,(H,29,30). The van der Waals surface area contributed by atoms with Crippen molar-refractivity contribution in [2.24, 2.45) is 0 Å². The molecule has 7 rings (SSSR count). The molecule has 35 heavy (non-hydrogen) atoms. The number of carbonyl (C=O) groups is 1. The quantitative estimate of drug-likeness (QED) is 0.598. The minimum absolute atomic E-state index is 0.120. The predicted octanol–water partition coefficient (Wildman–Crippen LogP) is 3.15. The second-order valence-corrected chi connectivity index (χ2v) is 10.2. The molecule has 0 spiro atoms. The van der Waals surface area contributed by atoms with Crippen LogP contribution in [0.3, 0.4) is 0 Å². The van der Waals surface area contributed by atoms with E-state index >= 15 is 0 Å². The van der Waals surface area contributed by atoms with Crippen LogP contribution in [-0.4, -0.2) is 77.4 Å². The van der Waals surface area contributed by atoms with Gasteiger partial charge in [0.05, 0.1) is 38.0 Å². The van der Waals surface area contributed by atoms with Gasteiger partial charge in [-0.2, -0.15) is 0 Å². The van der Waals surface area contributed by atoms with Crippen LogP contribution in [0.15, 0.2) is 30.6 Å². The monoisotopic (exact) mass is 473 g/mol. The number of H-pyrrole nitrogens is 1. The second kappa shape index (κ2) is 8.33. The number of pyridine rings is 1. The molecule has 3 aromatic rings. The maximum atomic E-state index is 13.5. The third-order valence-corrected chi connectivity index (χ3v) is 8.03. The second-order valence-electron chi connectivity index (χ2n) is 10.2. The van der Waals surface area contributed by atoms with Crippen molar-refractivity contribution in [1.29, 1.82) is 0 Å². The van der Waals surface area contributed by atoms with Crippen LogP contribution in [0.2, 0.25) is 0 Å². The van der Waals surface area contributed by atoms with Crippen molar-refractivity contribution in [3.8, 4) is 11.1 Å². The van der Waals surface area contributed by atoms with Gasteiger partial charge in [-0.3, -0.25) is 0 Å². The number of aryl methyl sites for hydroxylation is 1. The van der Waals surface area contributed by atoms with Crippen molar-refractivity contribution >= 4 is 17.1 Å². The summed E-state index contributed by atoms with van der Waals surface area (Å²) in [6.45, 7) is 7.04. The molecule has 182 valence electrons. The Hall–Kier alpha value is -2.94. The molecular weight excluding hydrogens is 442 g/mol. The van der Waals surface area contributed by atoms with E-state index in [1.807, 2.05) is 22.2 Å². The molecule has 2 N–H and O–H groups in total. The molecule has 0 radical (unpaired) electrons. The van der Waals surface area contributed by atoms with E-state index < -0.39 is 0 Å². The van der Waals surface area contributed by atoms with E-state index in [9.17, 15) is 4.79 Å². The maximum Gasteiger partial charge on any atom is 0.320 e. The predicted molar refractivity (Wildman–Crippen MR) is 132 cm³/mol. The largest absolute Gasteiger partial charge is 0.378 e. The highest BCUT2D eigenvalue weighted by atomic mass is 16.5. The third-order valence-electron chi connectivity index (χ3n) is 8.03. The van der Waals surface area contributed by atoms with Crippen molar-refractivity contribution in [1.82, 2.24) is 25.1 Å². The summed E-state index contributed by atoms with van der Waals surface area (Å²) in [6.07, 6.45) is 6.05. The number of amides is 2. The molecule has 4 aliphatic rings. The lowest BCUT2D eigenvalue weighted by Crippen LogP contribution is -2.50. The van der Waals surface area contributed by atoms with Gasteiger partial charge < -0.3 is 29.6 Å². The zero-order valence-corrected chi connectivity index (χ0v) is 20.0. The van der Waals surface area contributed by atoms with Crippen LogP contribution in [-0.2, 0) is 22.4 Å². The SMILES string of the molecule is Cc1c[nH]c2ncc(-c3cc4c(c(C5COCCN5)c3)CN(C(=O)N3CCOC5CC53)CC4)cc12. The summed E-state index contributed by atoms with van der Waals surface area (Å²) in [7, 11) is 0. The summed E-state index contributed by atoms with van der Waals surface area (Å²) in [5.74, 6) is 0. The van der Waals surface area contributed by atoms with Gasteiger partial charge in [0.2, 0.25) is 0 Å². The van der Waals surface area contributed by atoms with Crippen molar-refractivity contribution in [3.63, 3.8) is 0 Å². The molecule has 3 fully saturated rings. The number of nitrogens with zero attached hydrogens (tertiary/aromatic N) is 3. The Balaban J connectivity index is 1.25. The number of hydrogen-bond acceptors (Lipinski definition) is 5. The number of hydrogen-bond donors (Lipinski definition) is 2. The number of aromatic nitrogens is 2. The molecule has 2 aromatic heterocycles. The minimum Gasteiger partial charge on any atom is -0.378 e. The highest BCUT2D eigenvalue weighted by Gasteiger charge is 2.48. The Morgan fingerprint density at radius 1 is 1.17 bits per heavy atom. The summed E-state index contributed by atoms with van der Waals surface area (Å²) in [4.78, 5) is 25.4. The number of rotatable bonds is 2. The van der Waals surface area contributed by atoms with Gasteiger partial charge in [0.15, 0.2) is 0 Å². The average Bonchev–Trinajstić information content (AvgIpc) is 3.62. The molecule has 5 heterocycles. The van der Waals surface area contributed by atoms with Gasteiger partial charge in [0.1, 0.15) is 5.65 Å². The summed E-state index contributed by atoms with van der Waals surface area (Å²) in [5.41, 5.74) is 8.25. The number of aromatic amines is 1. The molecule has 2 saturated heterocycles. The van der Waals surface area contributed by atoms with Gasteiger partial charge >= 0.3 is 6.03 Å². The molecule has 1 aromatic carbocycles. The number of urea groups is 1. The third kappa shape index (κ3) is 3.71. The molecular formula is C27H31N5O3. The first kappa shape index (κ1) is 21.4. The first-order chi connectivity index (χ1) is 17.2. The van der Waals surface area contributed by atoms with Crippen LogP contribution >= 0.6 is 0 Å². The molecule has 3 aliphatic heterocycles. The number of ether oxygens (including phenoxy) is 2. The molecule has 2 amide bonds. The lowest BCUT2D eigenvalue weighted by molar-refractivity contribution is 0.0358. The fourth-order valence-corrected chi connectivity index (χ4v) is 5.95. The highest BCUT2D eigenvalue weighted by molar-refractivity contribution is 5.85. The lowest BCUT2D eigenvalue weighted by atomic mass is 9.87. The molecule has 3 unspecified atom stereocenters. The molecule has 8 heteroatoms. The van der Waals surface area contributed by atoms with Crippen LogP contribution in [0.4, 0.5) is 4.79 Å². The van der Waals surface area contributed by atoms with E-state index in [-0.39, 0.29) is 24.2 Å². The van der Waals surface area contributed by atoms with Gasteiger partial charge in [0.25, 0.3) is 0 Å². The first-order valence-corrected chi connectivity index (χ1v) is 12.7. The van der Waals surface area contributed by atoms with Crippen LogP contribution in [0.25, 0.3) is 22.2 Å². The Kier molecular flexibility index (Phi) is 5.08. The topological polar surface area (TPSA) is 82.7 Å². The van der Waals surface area contributed by atoms with Gasteiger partial charge in [-0.25, -0.2) is 9.78 Å². The smallest absolute Gasteiger partial charge is 0.320 e. The van der Waals surface area contributed by atoms with E-state index in [1.54, 1.807) is 0 Å². The van der Waals surface area contributed by atoms with Crippen LogP contribution < -0.4 is 5.32 Å². The Labute approximate surface area is 204 Å². The number of nitrogens with one attached hydrogen (secondary N) is 2. The van der Waals surface area contributed by atoms with Crippen molar-refractivity contribution < 1.29 is 14.3 Å². The first-order valence-electron chi connectivity index (χ1n) is 12.7. The zero-order chi connectivity index (χ0) is 23.5. The fraction of sp³-hybridized carbons (Fsp3) is 0.481. The molecule has 8 nitrogen and oxygen atoms in total. The van der Waals surface area contributed by atoms with Crippen LogP contribution in [0.1, 0.15) is 34.7 Å². The minimum atomic E-state index is 0.120. The van der Waals surface area contributed by atoms with Gasteiger partial charge in [-0.05, 0) is 59.7 Å². The van der Waals surface area contributed by atoms with Gasteiger partial charge in [-0.1, -0.05) is 6.07 Å². The normalized spacial score (nSPS) is 25.9. The molecule has 1 saturated carbocycles. The number of morpholine rings is 2. The van der Waals surface area contributed by atoms with Gasteiger partial charge in [0, 0.05) is 49.5 Å². The van der Waals surface area contributed by atoms with Crippen LogP contribution in [0.5, 0.6) is 0 Å². The van der Waals surface area contributed by atoms with Crippen molar-refractivity contribution in [3.05, 3.63) is 52.8 Å². The molecule has 1 aliphatic carbocycles. The maximum absolute atomic E-state index is 13.5. The number of fused-ring (bicyclic) bond motifs is 3. The molecule has 0 bridgehead atoms. The summed E-state index contributed by atoms with van der Waals surface area (Å²) < 4.78 is 11.6. The highest BCUT2D eigenvalue weighted by Crippen LogP contribution is 2.37. The Morgan fingerprint density at radius 2 is 2.11 bits per heavy atom. The van der Waals surface area contributed by atoms with Gasteiger partial charge in [-0.15, -0.1) is 0 Å². The van der Waals surface area contributed by atoms with Crippen LogP contribution in [0, 0.1) is 6.92 Å². The lowest BCUT2D eigenvalue weighted by Gasteiger charge is -2.37. The summed E-state index contributed by atoms with van der Waals surface area (Å²) in [6, 6.07) is 7.37. The number of benzene rings is 1. The molecule has 3 atom stereocenters. The van der Waals surface area contributed by atoms with E-state index in [1.165, 1.54) is 27.8 Å². The summed E-state index contributed by atoms with van der Waals surface area (Å²) >= 11 is 0. The van der Waals surface area contributed by atoms with E-state index in [0.717, 1.165) is 49.1 Å². The Bertz CT molecular complexity index is 1300. The van der Waals surface area contributed by atoms with E-state index in [0.29, 0.717) is 26.3 Å². The van der Waals surface area contributed by atoms with Crippen molar-refractivity contribution in [2.75, 3.05) is 39.5 Å².